The number of quaternary nitrogens is 1. The molecule has 0 saturated heterocycles. The van der Waals surface area contributed by atoms with Crippen LogP contribution in [-0.2, 0) is 27.9 Å². The van der Waals surface area contributed by atoms with Gasteiger partial charge in [-0.15, -0.1) is 0 Å². The number of aliphatic hydroxyl groups is 2. The van der Waals surface area contributed by atoms with Crippen LogP contribution in [0.15, 0.2) is 60.9 Å². The number of aliphatic hydroxyl groups excluding tert-OH is 2. The highest BCUT2D eigenvalue weighted by atomic mass is 31.2. The molecule has 0 aliphatic rings. The molecule has 10 nitrogen and oxygen atoms in total. The molecule has 2 N–H and O–H groups in total. The zero-order chi connectivity index (χ0) is 40.9. The molecule has 0 aliphatic heterocycles. The number of carbonyl (C=O) groups excluding carboxylic acids is 1. The molecule has 0 bridgehead atoms. The highest BCUT2D eigenvalue weighted by Gasteiger charge is 2.20. The van der Waals surface area contributed by atoms with Crippen LogP contribution >= 0.6 is 7.82 Å². The van der Waals surface area contributed by atoms with Crippen LogP contribution < -0.4 is 4.89 Å². The lowest BCUT2D eigenvalue weighted by atomic mass is 10.0. The number of allylic oxidation sites excluding steroid dienone is 8. The van der Waals surface area contributed by atoms with Gasteiger partial charge in [-0.05, 0) is 63.9 Å². The number of hydrogen-bond donors (Lipinski definition) is 2. The summed E-state index contributed by atoms with van der Waals surface area (Å²) in [7, 11) is 1.20. The van der Waals surface area contributed by atoms with Gasteiger partial charge in [0.15, 0.2) is 6.10 Å². The smallest absolute Gasteiger partial charge is 0.305 e. The number of unbranched alkanes of at least 4 members (excludes halogenated alkanes) is 12. The molecule has 320 valence electrons. The first-order valence-corrected chi connectivity index (χ1v) is 22.7. The summed E-state index contributed by atoms with van der Waals surface area (Å²) in [4.78, 5) is 24.9. The van der Waals surface area contributed by atoms with Crippen LogP contribution in [0.2, 0.25) is 0 Å². The molecule has 0 aromatic carbocycles. The Balaban J connectivity index is 4.56. The second-order valence-corrected chi connectivity index (χ2v) is 16.8. The van der Waals surface area contributed by atoms with Gasteiger partial charge in [0.05, 0.1) is 46.2 Å². The quantitative estimate of drug-likeness (QED) is 0.0156. The van der Waals surface area contributed by atoms with Crippen LogP contribution in [-0.4, -0.2) is 86.5 Å². The number of phosphoric ester groups is 1. The van der Waals surface area contributed by atoms with E-state index >= 15 is 0 Å². The van der Waals surface area contributed by atoms with E-state index in [0.717, 1.165) is 44.9 Å². The summed E-state index contributed by atoms with van der Waals surface area (Å²) >= 11 is 0. The molecule has 0 fully saturated rings. The molecule has 0 amide bonds. The summed E-state index contributed by atoms with van der Waals surface area (Å²) in [5.41, 5.74) is 0. The largest absolute Gasteiger partial charge is 0.756 e. The lowest BCUT2D eigenvalue weighted by Crippen LogP contribution is -2.37. The Labute approximate surface area is 336 Å². The molecule has 55 heavy (non-hydrogen) atoms. The van der Waals surface area contributed by atoms with Crippen LogP contribution in [0.4, 0.5) is 0 Å². The minimum absolute atomic E-state index is 0.0201. The summed E-state index contributed by atoms with van der Waals surface area (Å²) in [6.45, 7) is 4.24. The van der Waals surface area contributed by atoms with Crippen molar-refractivity contribution < 1.29 is 47.5 Å². The van der Waals surface area contributed by atoms with E-state index in [-0.39, 0.29) is 32.7 Å². The molecule has 0 radical (unpaired) electrons. The third-order valence-corrected chi connectivity index (χ3v) is 9.84. The van der Waals surface area contributed by atoms with Crippen molar-refractivity contribution in [1.29, 1.82) is 0 Å². The first-order chi connectivity index (χ1) is 26.4. The second kappa shape index (κ2) is 36.3. The van der Waals surface area contributed by atoms with Crippen LogP contribution in [0.1, 0.15) is 149 Å². The Morgan fingerprint density at radius 3 is 1.80 bits per heavy atom. The highest BCUT2D eigenvalue weighted by molar-refractivity contribution is 7.45. The summed E-state index contributed by atoms with van der Waals surface area (Å²) in [6, 6.07) is 0. The van der Waals surface area contributed by atoms with Gasteiger partial charge in [-0.1, -0.05) is 133 Å². The van der Waals surface area contributed by atoms with Gasteiger partial charge in [0, 0.05) is 6.42 Å². The summed E-state index contributed by atoms with van der Waals surface area (Å²) in [6.07, 6.45) is 37.9. The number of ether oxygens (including phenoxy) is 2. The van der Waals surface area contributed by atoms with E-state index < -0.39 is 32.1 Å². The van der Waals surface area contributed by atoms with Gasteiger partial charge >= 0.3 is 5.97 Å². The number of esters is 1. The predicted molar refractivity (Wildman–Crippen MR) is 224 cm³/mol. The number of nitrogens with zero attached hydrogens (tertiary/aromatic N) is 1. The van der Waals surface area contributed by atoms with E-state index in [1.165, 1.54) is 70.5 Å². The minimum atomic E-state index is -4.58. The van der Waals surface area contributed by atoms with Crippen molar-refractivity contribution in [2.45, 2.75) is 167 Å². The van der Waals surface area contributed by atoms with Gasteiger partial charge in [-0.2, -0.15) is 0 Å². The number of phosphoric acid groups is 1. The first-order valence-electron chi connectivity index (χ1n) is 21.2. The maximum atomic E-state index is 12.5. The van der Waals surface area contributed by atoms with Gasteiger partial charge in [0.25, 0.3) is 7.82 Å². The van der Waals surface area contributed by atoms with E-state index in [1.807, 2.05) is 39.4 Å². The lowest BCUT2D eigenvalue weighted by molar-refractivity contribution is -0.870. The molecule has 0 heterocycles. The molecule has 4 atom stereocenters. The van der Waals surface area contributed by atoms with Crippen molar-refractivity contribution in [2.24, 2.45) is 0 Å². The molecule has 0 aliphatic carbocycles. The van der Waals surface area contributed by atoms with Gasteiger partial charge in [-0.25, -0.2) is 0 Å². The first kappa shape index (κ1) is 53.0. The minimum Gasteiger partial charge on any atom is -0.756 e. The second-order valence-electron chi connectivity index (χ2n) is 15.3. The summed E-state index contributed by atoms with van der Waals surface area (Å²) < 4.78 is 34.1. The predicted octanol–water partition coefficient (Wildman–Crippen LogP) is 9.81. The summed E-state index contributed by atoms with van der Waals surface area (Å²) in [5, 5.41) is 20.7. The average Bonchev–Trinajstić information content (AvgIpc) is 3.13. The van der Waals surface area contributed by atoms with Crippen molar-refractivity contribution >= 4 is 13.8 Å². The van der Waals surface area contributed by atoms with E-state index in [4.69, 9.17) is 18.5 Å². The monoisotopic (exact) mass is 798 g/mol. The number of hydrogen-bond acceptors (Lipinski definition) is 9. The van der Waals surface area contributed by atoms with Crippen LogP contribution in [0.3, 0.4) is 0 Å². The lowest BCUT2D eigenvalue weighted by Gasteiger charge is -2.28. The molecular formula is C44H80NO9P. The Morgan fingerprint density at radius 1 is 0.691 bits per heavy atom. The van der Waals surface area contributed by atoms with E-state index in [1.54, 1.807) is 0 Å². The molecule has 11 heteroatoms. The fourth-order valence-electron chi connectivity index (χ4n) is 5.38. The summed E-state index contributed by atoms with van der Waals surface area (Å²) in [5.74, 6) is -0.515. The number of carbonyl (C=O) groups is 1. The zero-order valence-electron chi connectivity index (χ0n) is 35.3. The van der Waals surface area contributed by atoms with Crippen molar-refractivity contribution in [3.05, 3.63) is 60.9 Å². The van der Waals surface area contributed by atoms with Gasteiger partial charge < -0.3 is 38.1 Å². The molecule has 0 saturated carbocycles. The molecule has 0 aromatic rings. The molecule has 0 aromatic heterocycles. The van der Waals surface area contributed by atoms with Crippen LogP contribution in [0.25, 0.3) is 0 Å². The SMILES string of the molecule is CC/C=C\C/C=C\C/C=C\C/C=C\C[C@H](O)[C@@H](O)CCCC(=O)OC[C@H](COP(=O)([O-])OCC[N+](C)(C)C)O/C=C/CCCCCCCCCCCCCC. The van der Waals surface area contributed by atoms with Crippen molar-refractivity contribution in [3.63, 3.8) is 0 Å². The standard InChI is InChI=1S/C44H80NO9P/c1-6-8-10-12-14-16-18-20-21-23-25-27-29-31-37-51-41(40-54-55(49,50)53-38-36-45(3,4)5)39-52-44(48)35-32-34-43(47)42(46)33-30-28-26-24-22-19-17-15-13-11-9-7-2/h9,11,15,17,22,24,28,30-31,37,41-43,46-47H,6-8,10,12-14,16,18-21,23,25-27,29,32-36,38-40H2,1-5H3/b11-9-,17-15-,24-22-,30-28-,37-31+/t41-,42+,43+/m1/s1. The Hall–Kier alpha value is -2.04. The van der Waals surface area contributed by atoms with Crippen molar-refractivity contribution in [2.75, 3.05) is 47.5 Å². The molecule has 0 rings (SSSR count). The van der Waals surface area contributed by atoms with Gasteiger partial charge in [0.1, 0.15) is 19.8 Å². The van der Waals surface area contributed by atoms with E-state index in [9.17, 15) is 24.5 Å². The molecule has 0 spiro atoms. The van der Waals surface area contributed by atoms with E-state index in [0.29, 0.717) is 23.9 Å². The third-order valence-electron chi connectivity index (χ3n) is 8.87. The zero-order valence-corrected chi connectivity index (χ0v) is 36.2. The van der Waals surface area contributed by atoms with Crippen molar-refractivity contribution in [1.82, 2.24) is 0 Å². The molecular weight excluding hydrogens is 717 g/mol. The van der Waals surface area contributed by atoms with Crippen molar-refractivity contribution in [3.8, 4) is 0 Å². The van der Waals surface area contributed by atoms with Crippen LogP contribution in [0, 0.1) is 0 Å². The average molecular weight is 798 g/mol. The third kappa shape index (κ3) is 38.6. The van der Waals surface area contributed by atoms with Gasteiger partial charge in [0.2, 0.25) is 0 Å². The van der Waals surface area contributed by atoms with E-state index in [2.05, 4.69) is 50.3 Å². The van der Waals surface area contributed by atoms with Crippen LogP contribution in [0.5, 0.6) is 0 Å². The fraction of sp³-hybridized carbons (Fsp3) is 0.750. The Bertz CT molecular complexity index is 1100. The Kier molecular flexibility index (Phi) is 35.0. The molecule has 1 unspecified atom stereocenters. The maximum absolute atomic E-state index is 12.5. The maximum Gasteiger partial charge on any atom is 0.305 e. The topological polar surface area (TPSA) is 135 Å². The van der Waals surface area contributed by atoms with Gasteiger partial charge in [-0.3, -0.25) is 9.36 Å². The highest BCUT2D eigenvalue weighted by Crippen LogP contribution is 2.38. The fourth-order valence-corrected chi connectivity index (χ4v) is 6.11. The number of likely N-dealkylation sites (N-methyl/N-ethyl adjacent to an activating group) is 1. The normalized spacial score (nSPS) is 15.5. The Morgan fingerprint density at radius 2 is 1.24 bits per heavy atom. The number of rotatable bonds is 38.